The number of carbonyl (C=O) groups excluding carboxylic acids is 1. The zero-order valence-corrected chi connectivity index (χ0v) is 15.7. The van der Waals surface area contributed by atoms with E-state index in [-0.39, 0.29) is 22.9 Å². The molecule has 2 aromatic rings. The number of rotatable bonds is 2. The van der Waals surface area contributed by atoms with Gasteiger partial charge in [0.2, 0.25) is 0 Å². The highest BCUT2D eigenvalue weighted by atomic mass is 16.2. The summed E-state index contributed by atoms with van der Waals surface area (Å²) in [7, 11) is 1.37. The first-order valence-electron chi connectivity index (χ1n) is 8.90. The Morgan fingerprint density at radius 1 is 1.15 bits per heavy atom. The average molecular weight is 355 g/mol. The van der Waals surface area contributed by atoms with Crippen LogP contribution < -0.4 is 11.2 Å². The predicted octanol–water partition coefficient (Wildman–Crippen LogP) is 2.35. The van der Waals surface area contributed by atoms with Gasteiger partial charge in [0.1, 0.15) is 5.56 Å². The highest BCUT2D eigenvalue weighted by Gasteiger charge is 2.32. The Labute approximate surface area is 152 Å². The topological polar surface area (TPSA) is 75.2 Å². The standard InChI is InChI=1S/C20H25N3O3/c1-20(2,3)14-9-7-13(8-10-14)16-6-5-11-23(16)18(25)15-12-21-19(26)22(4)17(15)24/h7-10,12,16H,5-6,11H2,1-4H3,(H,21,26). The molecule has 1 N–H and O–H groups in total. The summed E-state index contributed by atoms with van der Waals surface area (Å²) in [6.45, 7) is 7.10. The molecule has 26 heavy (non-hydrogen) atoms. The summed E-state index contributed by atoms with van der Waals surface area (Å²) >= 11 is 0. The molecule has 1 aliphatic heterocycles. The molecular weight excluding hydrogens is 330 g/mol. The second kappa shape index (κ2) is 6.59. The van der Waals surface area contributed by atoms with Crippen molar-refractivity contribution < 1.29 is 4.79 Å². The minimum atomic E-state index is -0.563. The van der Waals surface area contributed by atoms with Gasteiger partial charge in [0.15, 0.2) is 0 Å². The van der Waals surface area contributed by atoms with Crippen LogP contribution in [0.5, 0.6) is 0 Å². The summed E-state index contributed by atoms with van der Waals surface area (Å²) in [5.41, 5.74) is 1.31. The van der Waals surface area contributed by atoms with Gasteiger partial charge in [-0.2, -0.15) is 0 Å². The zero-order valence-electron chi connectivity index (χ0n) is 15.7. The Morgan fingerprint density at radius 3 is 2.42 bits per heavy atom. The molecule has 1 aromatic carbocycles. The van der Waals surface area contributed by atoms with Crippen molar-refractivity contribution in [2.75, 3.05) is 6.54 Å². The molecule has 138 valence electrons. The number of aromatic amines is 1. The first-order valence-corrected chi connectivity index (χ1v) is 8.90. The second-order valence-electron chi connectivity index (χ2n) is 7.90. The fourth-order valence-electron chi connectivity index (χ4n) is 3.43. The van der Waals surface area contributed by atoms with Crippen molar-refractivity contribution >= 4 is 5.91 Å². The summed E-state index contributed by atoms with van der Waals surface area (Å²) in [6.07, 6.45) is 2.98. The number of nitrogens with one attached hydrogen (secondary N) is 1. The Hall–Kier alpha value is -2.63. The molecule has 1 fully saturated rings. The van der Waals surface area contributed by atoms with E-state index >= 15 is 0 Å². The van der Waals surface area contributed by atoms with Crippen LogP contribution in [0.2, 0.25) is 0 Å². The van der Waals surface area contributed by atoms with E-state index in [4.69, 9.17) is 0 Å². The summed E-state index contributed by atoms with van der Waals surface area (Å²) < 4.78 is 0.927. The third-order valence-electron chi connectivity index (χ3n) is 5.09. The summed E-state index contributed by atoms with van der Waals surface area (Å²) in [6, 6.07) is 8.31. The van der Waals surface area contributed by atoms with Gasteiger partial charge < -0.3 is 9.88 Å². The number of carbonyl (C=O) groups is 1. The smallest absolute Gasteiger partial charge is 0.328 e. The van der Waals surface area contributed by atoms with E-state index in [0.717, 1.165) is 23.0 Å². The van der Waals surface area contributed by atoms with Gasteiger partial charge in [-0.25, -0.2) is 4.79 Å². The number of H-pyrrole nitrogens is 1. The monoisotopic (exact) mass is 355 g/mol. The van der Waals surface area contributed by atoms with Gasteiger partial charge in [-0.05, 0) is 29.4 Å². The molecule has 6 nitrogen and oxygen atoms in total. The van der Waals surface area contributed by atoms with Crippen LogP contribution in [-0.2, 0) is 12.5 Å². The minimum absolute atomic E-state index is 0.00492. The lowest BCUT2D eigenvalue weighted by molar-refractivity contribution is 0.0732. The molecule has 1 amide bonds. The number of amides is 1. The van der Waals surface area contributed by atoms with E-state index in [1.807, 2.05) is 0 Å². The van der Waals surface area contributed by atoms with Crippen LogP contribution in [0.25, 0.3) is 0 Å². The first kappa shape index (κ1) is 18.2. The van der Waals surface area contributed by atoms with E-state index in [1.54, 1.807) is 4.90 Å². The Morgan fingerprint density at radius 2 is 1.81 bits per heavy atom. The van der Waals surface area contributed by atoms with Crippen molar-refractivity contribution in [1.29, 1.82) is 0 Å². The zero-order chi connectivity index (χ0) is 19.1. The molecular formula is C20H25N3O3. The number of aromatic nitrogens is 2. The first-order chi connectivity index (χ1) is 12.2. The highest BCUT2D eigenvalue weighted by Crippen LogP contribution is 2.34. The Bertz CT molecular complexity index is 932. The molecule has 0 radical (unpaired) electrons. The van der Waals surface area contributed by atoms with E-state index in [0.29, 0.717) is 6.54 Å². The van der Waals surface area contributed by atoms with Crippen molar-refractivity contribution in [2.24, 2.45) is 7.05 Å². The lowest BCUT2D eigenvalue weighted by atomic mass is 9.86. The SMILES string of the molecule is Cn1c(=O)[nH]cc(C(=O)N2CCCC2c2ccc(C(C)(C)C)cc2)c1=O. The summed E-state index contributed by atoms with van der Waals surface area (Å²) in [5, 5.41) is 0. The summed E-state index contributed by atoms with van der Waals surface area (Å²) in [4.78, 5) is 40.9. The lowest BCUT2D eigenvalue weighted by Gasteiger charge is -2.26. The van der Waals surface area contributed by atoms with Crippen LogP contribution in [0.4, 0.5) is 0 Å². The molecule has 1 atom stereocenters. The molecule has 0 aliphatic carbocycles. The van der Waals surface area contributed by atoms with Crippen molar-refractivity contribution in [3.63, 3.8) is 0 Å². The minimum Gasteiger partial charge on any atom is -0.331 e. The maximum atomic E-state index is 12.9. The molecule has 0 spiro atoms. The molecule has 3 rings (SSSR count). The quantitative estimate of drug-likeness (QED) is 0.898. The van der Waals surface area contributed by atoms with Crippen molar-refractivity contribution in [1.82, 2.24) is 14.5 Å². The molecule has 0 saturated carbocycles. The maximum Gasteiger partial charge on any atom is 0.328 e. The number of hydrogen-bond acceptors (Lipinski definition) is 3. The third kappa shape index (κ3) is 3.23. The summed E-state index contributed by atoms with van der Waals surface area (Å²) in [5.74, 6) is -0.329. The lowest BCUT2D eigenvalue weighted by Crippen LogP contribution is -2.40. The fraction of sp³-hybridized carbons (Fsp3) is 0.450. The van der Waals surface area contributed by atoms with Crippen molar-refractivity contribution in [3.05, 3.63) is 68.0 Å². The van der Waals surface area contributed by atoms with Gasteiger partial charge >= 0.3 is 5.69 Å². The normalized spacial score (nSPS) is 17.5. The second-order valence-corrected chi connectivity index (χ2v) is 7.90. The predicted molar refractivity (Wildman–Crippen MR) is 100 cm³/mol. The van der Waals surface area contributed by atoms with Crippen LogP contribution >= 0.6 is 0 Å². The number of nitrogens with zero attached hydrogens (tertiary/aromatic N) is 2. The maximum absolute atomic E-state index is 12.9. The van der Waals surface area contributed by atoms with Gasteiger partial charge in [0.25, 0.3) is 11.5 Å². The van der Waals surface area contributed by atoms with Crippen LogP contribution in [0, 0.1) is 0 Å². The van der Waals surface area contributed by atoms with E-state index in [1.165, 1.54) is 18.8 Å². The number of benzene rings is 1. The Balaban J connectivity index is 1.91. The molecule has 1 saturated heterocycles. The largest absolute Gasteiger partial charge is 0.331 e. The van der Waals surface area contributed by atoms with Crippen LogP contribution in [0.1, 0.15) is 61.1 Å². The molecule has 1 aliphatic rings. The van der Waals surface area contributed by atoms with Gasteiger partial charge in [-0.15, -0.1) is 0 Å². The molecule has 0 bridgehead atoms. The Kier molecular flexibility index (Phi) is 4.61. The van der Waals surface area contributed by atoms with Crippen LogP contribution in [0.3, 0.4) is 0 Å². The average Bonchev–Trinajstić information content (AvgIpc) is 3.08. The number of likely N-dealkylation sites (tertiary alicyclic amines) is 1. The van der Waals surface area contributed by atoms with Crippen molar-refractivity contribution in [2.45, 2.75) is 45.1 Å². The molecule has 1 aromatic heterocycles. The van der Waals surface area contributed by atoms with Gasteiger partial charge in [0, 0.05) is 19.8 Å². The van der Waals surface area contributed by atoms with Gasteiger partial charge in [0.05, 0.1) is 6.04 Å². The van der Waals surface area contributed by atoms with Crippen LogP contribution in [0.15, 0.2) is 40.1 Å². The fourth-order valence-corrected chi connectivity index (χ4v) is 3.43. The van der Waals surface area contributed by atoms with E-state index in [2.05, 4.69) is 50.0 Å². The molecule has 6 heteroatoms. The third-order valence-corrected chi connectivity index (χ3v) is 5.09. The molecule has 2 heterocycles. The highest BCUT2D eigenvalue weighted by molar-refractivity contribution is 5.94. The van der Waals surface area contributed by atoms with Gasteiger partial charge in [-0.3, -0.25) is 14.2 Å². The van der Waals surface area contributed by atoms with E-state index < -0.39 is 11.2 Å². The van der Waals surface area contributed by atoms with E-state index in [9.17, 15) is 14.4 Å². The van der Waals surface area contributed by atoms with Crippen LogP contribution in [-0.4, -0.2) is 26.9 Å². The van der Waals surface area contributed by atoms with Crippen molar-refractivity contribution in [3.8, 4) is 0 Å². The molecule has 1 unspecified atom stereocenters. The number of hydrogen-bond donors (Lipinski definition) is 1. The van der Waals surface area contributed by atoms with Gasteiger partial charge in [-0.1, -0.05) is 45.0 Å².